The number of esters is 1. The van der Waals surface area contributed by atoms with Gasteiger partial charge < -0.3 is 10.1 Å². The van der Waals surface area contributed by atoms with Crippen LogP contribution in [0.4, 0.5) is 13.2 Å². The molecule has 1 unspecified atom stereocenters. The zero-order valence-corrected chi connectivity index (χ0v) is 21.9. The normalized spacial score (nSPS) is 18.2. The SMILES string of the molecule is O=C(NC(Cc1ccc(C(F)(F)F)cc1)C(=O)O[C@H]1CCCC[C@@H]1c1cccc2ccccc12)c1ccccc1. The van der Waals surface area contributed by atoms with Crippen molar-refractivity contribution in [1.82, 2.24) is 5.32 Å². The Morgan fingerprint density at radius 1 is 0.825 bits per heavy atom. The first-order valence-electron chi connectivity index (χ1n) is 13.5. The molecule has 0 radical (unpaired) electrons. The summed E-state index contributed by atoms with van der Waals surface area (Å²) in [6.07, 6.45) is -1.35. The first kappa shape index (κ1) is 27.4. The van der Waals surface area contributed by atoms with Crippen LogP contribution in [-0.2, 0) is 22.1 Å². The molecule has 206 valence electrons. The van der Waals surface area contributed by atoms with Crippen LogP contribution in [0.5, 0.6) is 0 Å². The molecular formula is C33H30F3NO3. The third kappa shape index (κ3) is 6.36. The van der Waals surface area contributed by atoms with Gasteiger partial charge in [0.05, 0.1) is 5.56 Å². The van der Waals surface area contributed by atoms with E-state index in [4.69, 9.17) is 4.74 Å². The van der Waals surface area contributed by atoms with Gasteiger partial charge in [0, 0.05) is 17.9 Å². The molecule has 0 aliphatic heterocycles. The predicted octanol–water partition coefficient (Wildman–Crippen LogP) is 7.47. The molecule has 4 aromatic carbocycles. The van der Waals surface area contributed by atoms with Crippen LogP contribution >= 0.6 is 0 Å². The van der Waals surface area contributed by atoms with E-state index in [0.29, 0.717) is 17.5 Å². The summed E-state index contributed by atoms with van der Waals surface area (Å²) in [6.45, 7) is 0. The van der Waals surface area contributed by atoms with Gasteiger partial charge in [-0.2, -0.15) is 13.2 Å². The molecule has 1 fully saturated rings. The predicted molar refractivity (Wildman–Crippen MR) is 148 cm³/mol. The lowest BCUT2D eigenvalue weighted by atomic mass is 9.80. The van der Waals surface area contributed by atoms with Gasteiger partial charge in [-0.25, -0.2) is 4.79 Å². The van der Waals surface area contributed by atoms with Gasteiger partial charge in [-0.15, -0.1) is 0 Å². The number of benzene rings is 4. The van der Waals surface area contributed by atoms with Crippen LogP contribution in [0.1, 0.15) is 58.6 Å². The zero-order valence-electron chi connectivity index (χ0n) is 21.9. The van der Waals surface area contributed by atoms with Crippen LogP contribution in [0.25, 0.3) is 10.8 Å². The van der Waals surface area contributed by atoms with E-state index in [2.05, 4.69) is 29.6 Å². The van der Waals surface area contributed by atoms with E-state index in [9.17, 15) is 22.8 Å². The Morgan fingerprint density at radius 2 is 1.50 bits per heavy atom. The Balaban J connectivity index is 1.39. The first-order chi connectivity index (χ1) is 19.3. The number of fused-ring (bicyclic) bond motifs is 1. The van der Waals surface area contributed by atoms with Gasteiger partial charge in [-0.3, -0.25) is 4.79 Å². The Kier molecular flexibility index (Phi) is 8.19. The molecule has 1 aliphatic rings. The minimum absolute atomic E-state index is 0.000318. The number of ether oxygens (including phenoxy) is 1. The van der Waals surface area contributed by atoms with Gasteiger partial charge in [0.25, 0.3) is 5.91 Å². The maximum absolute atomic E-state index is 13.6. The molecule has 4 aromatic rings. The lowest BCUT2D eigenvalue weighted by molar-refractivity contribution is -0.154. The summed E-state index contributed by atoms with van der Waals surface area (Å²) in [5, 5.41) is 5.00. The number of rotatable bonds is 7. The highest BCUT2D eigenvalue weighted by molar-refractivity contribution is 5.96. The summed E-state index contributed by atoms with van der Waals surface area (Å²) in [4.78, 5) is 26.6. The number of halogens is 3. The highest BCUT2D eigenvalue weighted by Gasteiger charge is 2.34. The van der Waals surface area contributed by atoms with E-state index < -0.39 is 29.7 Å². The monoisotopic (exact) mass is 545 g/mol. The average molecular weight is 546 g/mol. The molecule has 40 heavy (non-hydrogen) atoms. The summed E-state index contributed by atoms with van der Waals surface area (Å²) < 4.78 is 45.3. The van der Waals surface area contributed by atoms with E-state index in [1.54, 1.807) is 30.3 Å². The van der Waals surface area contributed by atoms with Crippen molar-refractivity contribution >= 4 is 22.6 Å². The topological polar surface area (TPSA) is 55.4 Å². The van der Waals surface area contributed by atoms with Gasteiger partial charge >= 0.3 is 12.1 Å². The second-order valence-electron chi connectivity index (χ2n) is 10.2. The summed E-state index contributed by atoms with van der Waals surface area (Å²) >= 11 is 0. The van der Waals surface area contributed by atoms with Crippen molar-refractivity contribution < 1.29 is 27.5 Å². The Morgan fingerprint density at radius 3 is 2.25 bits per heavy atom. The van der Waals surface area contributed by atoms with Crippen LogP contribution in [-0.4, -0.2) is 24.0 Å². The van der Waals surface area contributed by atoms with Crippen molar-refractivity contribution in [3.05, 3.63) is 119 Å². The highest BCUT2D eigenvalue weighted by atomic mass is 19.4. The zero-order chi connectivity index (χ0) is 28.1. The quantitative estimate of drug-likeness (QED) is 0.245. The number of carbonyl (C=O) groups is 2. The molecule has 4 nitrogen and oxygen atoms in total. The molecular weight excluding hydrogens is 515 g/mol. The lowest BCUT2D eigenvalue weighted by Gasteiger charge is -2.33. The van der Waals surface area contributed by atoms with Crippen molar-refractivity contribution in [3.8, 4) is 0 Å². The molecule has 1 saturated carbocycles. The molecule has 1 N–H and O–H groups in total. The van der Waals surface area contributed by atoms with Crippen molar-refractivity contribution in [2.75, 3.05) is 0 Å². The minimum atomic E-state index is -4.46. The van der Waals surface area contributed by atoms with E-state index in [1.165, 1.54) is 12.1 Å². The first-order valence-corrected chi connectivity index (χ1v) is 13.5. The Bertz CT molecular complexity index is 1460. The number of carbonyl (C=O) groups excluding carboxylic acids is 2. The number of alkyl halides is 3. The number of hydrogen-bond acceptors (Lipinski definition) is 3. The summed E-state index contributed by atoms with van der Waals surface area (Å²) in [7, 11) is 0. The molecule has 7 heteroatoms. The number of hydrogen-bond donors (Lipinski definition) is 1. The molecule has 0 saturated heterocycles. The second kappa shape index (κ2) is 11.9. The summed E-state index contributed by atoms with van der Waals surface area (Å²) in [5.74, 6) is -1.05. The van der Waals surface area contributed by atoms with Gasteiger partial charge in [0.15, 0.2) is 0 Å². The Hall–Kier alpha value is -4.13. The van der Waals surface area contributed by atoms with Crippen LogP contribution in [0, 0.1) is 0 Å². The molecule has 0 spiro atoms. The largest absolute Gasteiger partial charge is 0.460 e. The van der Waals surface area contributed by atoms with E-state index in [1.807, 2.05) is 18.2 Å². The van der Waals surface area contributed by atoms with Crippen LogP contribution < -0.4 is 5.32 Å². The molecule has 1 amide bonds. The standard InChI is InChI=1S/C33H30F3NO3/c34-33(35,36)25-19-17-22(18-20-25)21-29(37-31(38)24-10-2-1-3-11-24)32(39)40-30-16-7-6-14-28(30)27-15-8-12-23-9-4-5-13-26(23)27/h1-5,8-13,15,17-20,28-30H,6-7,14,16,21H2,(H,37,38)/t28-,29?,30+/m1/s1. The van der Waals surface area contributed by atoms with Crippen LogP contribution in [0.3, 0.4) is 0 Å². The molecule has 0 bridgehead atoms. The van der Waals surface area contributed by atoms with Gasteiger partial charge in [0.1, 0.15) is 12.1 Å². The van der Waals surface area contributed by atoms with Crippen molar-refractivity contribution in [1.29, 1.82) is 0 Å². The summed E-state index contributed by atoms with van der Waals surface area (Å²) in [5.41, 5.74) is 1.21. The third-order valence-electron chi connectivity index (χ3n) is 7.54. The minimum Gasteiger partial charge on any atom is -0.460 e. The van der Waals surface area contributed by atoms with Crippen LogP contribution in [0.2, 0.25) is 0 Å². The van der Waals surface area contributed by atoms with Gasteiger partial charge in [-0.05, 0) is 65.4 Å². The fourth-order valence-corrected chi connectivity index (χ4v) is 5.49. The molecule has 0 aromatic heterocycles. The maximum atomic E-state index is 13.6. The average Bonchev–Trinajstić information content (AvgIpc) is 2.97. The van der Waals surface area contributed by atoms with Gasteiger partial charge in [-0.1, -0.05) is 79.2 Å². The molecule has 0 heterocycles. The van der Waals surface area contributed by atoms with E-state index >= 15 is 0 Å². The fourth-order valence-electron chi connectivity index (χ4n) is 5.49. The fraction of sp³-hybridized carbons (Fsp3) is 0.273. The number of nitrogens with one attached hydrogen (secondary N) is 1. The number of amides is 1. The van der Waals surface area contributed by atoms with E-state index in [0.717, 1.165) is 47.7 Å². The van der Waals surface area contributed by atoms with Gasteiger partial charge in [0.2, 0.25) is 0 Å². The summed E-state index contributed by atoms with van der Waals surface area (Å²) in [6, 6.07) is 26.3. The molecule has 1 aliphatic carbocycles. The second-order valence-corrected chi connectivity index (χ2v) is 10.2. The van der Waals surface area contributed by atoms with Crippen molar-refractivity contribution in [2.45, 2.75) is 56.3 Å². The maximum Gasteiger partial charge on any atom is 0.416 e. The highest BCUT2D eigenvalue weighted by Crippen LogP contribution is 2.38. The molecule has 3 atom stereocenters. The lowest BCUT2D eigenvalue weighted by Crippen LogP contribution is -2.45. The Labute approximate surface area is 231 Å². The third-order valence-corrected chi connectivity index (χ3v) is 7.54. The van der Waals surface area contributed by atoms with Crippen molar-refractivity contribution in [2.24, 2.45) is 0 Å². The smallest absolute Gasteiger partial charge is 0.416 e. The van der Waals surface area contributed by atoms with Crippen molar-refractivity contribution in [3.63, 3.8) is 0 Å². The van der Waals surface area contributed by atoms with Crippen LogP contribution in [0.15, 0.2) is 97.1 Å². The van der Waals surface area contributed by atoms with E-state index in [-0.39, 0.29) is 18.4 Å². The molecule has 5 rings (SSSR count).